The lowest BCUT2D eigenvalue weighted by Crippen LogP contribution is -2.43. The molecule has 1 aliphatic rings. The quantitative estimate of drug-likeness (QED) is 0.768. The first-order chi connectivity index (χ1) is 9.54. The summed E-state index contributed by atoms with van der Waals surface area (Å²) in [7, 11) is 0. The zero-order valence-corrected chi connectivity index (χ0v) is 11.9. The van der Waals surface area contributed by atoms with Crippen molar-refractivity contribution < 1.29 is 9.59 Å². The van der Waals surface area contributed by atoms with Gasteiger partial charge in [-0.15, -0.1) is 0 Å². The lowest BCUT2D eigenvalue weighted by molar-refractivity contribution is -0.119. The molecule has 1 heterocycles. The monoisotopic (exact) mass is 275 g/mol. The average Bonchev–Trinajstić information content (AvgIpc) is 2.36. The van der Waals surface area contributed by atoms with E-state index in [-0.39, 0.29) is 17.7 Å². The Morgan fingerprint density at radius 1 is 1.15 bits per heavy atom. The maximum Gasteiger partial charge on any atom is 0.226 e. The third kappa shape index (κ3) is 4.06. The number of anilines is 2. The predicted octanol–water partition coefficient (Wildman–Crippen LogP) is 1.83. The molecule has 0 aliphatic carbocycles. The van der Waals surface area contributed by atoms with Crippen molar-refractivity contribution in [3.05, 3.63) is 24.3 Å². The minimum Gasteiger partial charge on any atom is -0.326 e. The van der Waals surface area contributed by atoms with Crippen LogP contribution in [0, 0.1) is 11.8 Å². The van der Waals surface area contributed by atoms with Gasteiger partial charge in [0.15, 0.2) is 0 Å². The molecule has 0 bridgehead atoms. The number of nitrogens with one attached hydrogen (secondary N) is 3. The molecule has 108 valence electrons. The summed E-state index contributed by atoms with van der Waals surface area (Å²) in [6.07, 6.45) is 0.554. The summed E-state index contributed by atoms with van der Waals surface area (Å²) < 4.78 is 0. The molecular weight excluding hydrogens is 254 g/mol. The van der Waals surface area contributed by atoms with Crippen molar-refractivity contribution in [2.75, 3.05) is 23.7 Å². The smallest absolute Gasteiger partial charge is 0.226 e. The fraction of sp³-hybridized carbons (Fsp3) is 0.467. The Hall–Kier alpha value is -1.88. The van der Waals surface area contributed by atoms with Crippen molar-refractivity contribution in [3.8, 4) is 0 Å². The number of hydrogen-bond acceptors (Lipinski definition) is 3. The molecule has 5 heteroatoms. The highest BCUT2D eigenvalue weighted by atomic mass is 16.2. The zero-order chi connectivity index (χ0) is 14.5. The summed E-state index contributed by atoms with van der Waals surface area (Å²) >= 11 is 0. The van der Waals surface area contributed by atoms with Crippen molar-refractivity contribution in [3.63, 3.8) is 0 Å². The maximum atomic E-state index is 11.8. The topological polar surface area (TPSA) is 70.2 Å². The number of rotatable bonds is 5. The lowest BCUT2D eigenvalue weighted by atomic mass is 9.99. The molecule has 0 radical (unpaired) electrons. The molecule has 1 saturated heterocycles. The van der Waals surface area contributed by atoms with E-state index >= 15 is 0 Å². The summed E-state index contributed by atoms with van der Waals surface area (Å²) in [5, 5.41) is 8.82. The second-order valence-corrected chi connectivity index (χ2v) is 5.50. The van der Waals surface area contributed by atoms with Crippen LogP contribution in [0.4, 0.5) is 11.4 Å². The second-order valence-electron chi connectivity index (χ2n) is 5.50. The molecule has 1 aliphatic heterocycles. The van der Waals surface area contributed by atoms with E-state index in [1.165, 1.54) is 0 Å². The second kappa shape index (κ2) is 6.52. The van der Waals surface area contributed by atoms with E-state index in [0.29, 0.717) is 12.3 Å². The van der Waals surface area contributed by atoms with Crippen LogP contribution in [-0.2, 0) is 9.59 Å². The number of benzene rings is 1. The third-order valence-electron chi connectivity index (χ3n) is 3.30. The fourth-order valence-corrected chi connectivity index (χ4v) is 1.89. The van der Waals surface area contributed by atoms with E-state index in [1.54, 1.807) is 24.3 Å². The molecule has 20 heavy (non-hydrogen) atoms. The van der Waals surface area contributed by atoms with Gasteiger partial charge in [-0.1, -0.05) is 13.8 Å². The fourth-order valence-electron chi connectivity index (χ4n) is 1.89. The average molecular weight is 275 g/mol. The SMILES string of the molecule is CC(C)C(=O)Nc1ccc(NC(=O)CC2CNC2)cc1. The van der Waals surface area contributed by atoms with Crippen molar-refractivity contribution in [1.29, 1.82) is 0 Å². The van der Waals surface area contributed by atoms with Crippen LogP contribution < -0.4 is 16.0 Å². The molecule has 2 rings (SSSR count). The molecule has 0 unspecified atom stereocenters. The Morgan fingerprint density at radius 2 is 1.70 bits per heavy atom. The van der Waals surface area contributed by atoms with E-state index in [4.69, 9.17) is 0 Å². The van der Waals surface area contributed by atoms with E-state index in [2.05, 4.69) is 16.0 Å². The summed E-state index contributed by atoms with van der Waals surface area (Å²) in [6.45, 7) is 5.54. The molecule has 3 N–H and O–H groups in total. The van der Waals surface area contributed by atoms with Crippen LogP contribution in [0.25, 0.3) is 0 Å². The summed E-state index contributed by atoms with van der Waals surface area (Å²) in [6, 6.07) is 7.18. The Morgan fingerprint density at radius 3 is 2.15 bits per heavy atom. The first-order valence-corrected chi connectivity index (χ1v) is 6.96. The Kier molecular flexibility index (Phi) is 4.74. The molecule has 1 aromatic rings. The van der Waals surface area contributed by atoms with Crippen molar-refractivity contribution in [2.45, 2.75) is 20.3 Å². The van der Waals surface area contributed by atoms with Gasteiger partial charge < -0.3 is 16.0 Å². The number of carbonyl (C=O) groups is 2. The predicted molar refractivity (Wildman–Crippen MR) is 79.5 cm³/mol. The van der Waals surface area contributed by atoms with E-state index in [1.807, 2.05) is 13.8 Å². The van der Waals surface area contributed by atoms with Gasteiger partial charge in [-0.3, -0.25) is 9.59 Å². The zero-order valence-electron chi connectivity index (χ0n) is 11.9. The molecule has 1 aromatic carbocycles. The molecule has 2 amide bonds. The van der Waals surface area contributed by atoms with Crippen LogP contribution in [-0.4, -0.2) is 24.9 Å². The van der Waals surface area contributed by atoms with E-state index < -0.39 is 0 Å². The Labute approximate surface area is 119 Å². The molecule has 0 spiro atoms. The number of carbonyl (C=O) groups excluding carboxylic acids is 2. The standard InChI is InChI=1S/C15H21N3O2/c1-10(2)15(20)18-13-5-3-12(4-6-13)17-14(19)7-11-8-16-9-11/h3-6,10-11,16H,7-9H2,1-2H3,(H,17,19)(H,18,20). The van der Waals surface area contributed by atoms with Gasteiger partial charge in [-0.05, 0) is 43.3 Å². The van der Waals surface area contributed by atoms with Gasteiger partial charge in [0, 0.05) is 23.7 Å². The van der Waals surface area contributed by atoms with Crippen molar-refractivity contribution in [2.24, 2.45) is 11.8 Å². The van der Waals surface area contributed by atoms with Gasteiger partial charge in [-0.2, -0.15) is 0 Å². The van der Waals surface area contributed by atoms with Crippen molar-refractivity contribution in [1.82, 2.24) is 5.32 Å². The number of hydrogen-bond donors (Lipinski definition) is 3. The Bertz CT molecular complexity index is 478. The maximum absolute atomic E-state index is 11.8. The summed E-state index contributed by atoms with van der Waals surface area (Å²) in [4.78, 5) is 23.3. The highest BCUT2D eigenvalue weighted by Crippen LogP contribution is 2.16. The lowest BCUT2D eigenvalue weighted by Gasteiger charge is -2.26. The van der Waals surface area contributed by atoms with Crippen LogP contribution in [0.1, 0.15) is 20.3 Å². The Balaban J connectivity index is 1.84. The molecule has 0 atom stereocenters. The van der Waals surface area contributed by atoms with Crippen LogP contribution in [0.15, 0.2) is 24.3 Å². The van der Waals surface area contributed by atoms with Crippen molar-refractivity contribution >= 4 is 23.2 Å². The van der Waals surface area contributed by atoms with E-state index in [9.17, 15) is 9.59 Å². The highest BCUT2D eigenvalue weighted by Gasteiger charge is 2.19. The normalized spacial score (nSPS) is 14.8. The molecule has 5 nitrogen and oxygen atoms in total. The van der Waals surface area contributed by atoms with Gasteiger partial charge in [-0.25, -0.2) is 0 Å². The van der Waals surface area contributed by atoms with E-state index in [0.717, 1.165) is 24.5 Å². The largest absolute Gasteiger partial charge is 0.326 e. The highest BCUT2D eigenvalue weighted by molar-refractivity contribution is 5.93. The summed E-state index contributed by atoms with van der Waals surface area (Å²) in [5.41, 5.74) is 1.50. The summed E-state index contributed by atoms with van der Waals surface area (Å²) in [5.74, 6) is 0.430. The minimum absolute atomic E-state index is 0.0146. The van der Waals surface area contributed by atoms with Gasteiger partial charge in [0.05, 0.1) is 0 Å². The van der Waals surface area contributed by atoms with Crippen LogP contribution in [0.3, 0.4) is 0 Å². The first-order valence-electron chi connectivity index (χ1n) is 6.96. The molecular formula is C15H21N3O2. The minimum atomic E-state index is -0.0505. The van der Waals surface area contributed by atoms with Gasteiger partial charge >= 0.3 is 0 Å². The van der Waals surface area contributed by atoms with Gasteiger partial charge in [0.25, 0.3) is 0 Å². The van der Waals surface area contributed by atoms with Gasteiger partial charge in [0.2, 0.25) is 11.8 Å². The number of amides is 2. The molecule has 0 saturated carbocycles. The van der Waals surface area contributed by atoms with Crippen LogP contribution in [0.5, 0.6) is 0 Å². The van der Waals surface area contributed by atoms with Crippen LogP contribution in [0.2, 0.25) is 0 Å². The first kappa shape index (κ1) is 14.5. The van der Waals surface area contributed by atoms with Crippen LogP contribution >= 0.6 is 0 Å². The molecule has 0 aromatic heterocycles. The molecule has 1 fully saturated rings. The van der Waals surface area contributed by atoms with Gasteiger partial charge in [0.1, 0.15) is 0 Å². The third-order valence-corrected chi connectivity index (χ3v) is 3.30.